The lowest BCUT2D eigenvalue weighted by Gasteiger charge is -2.42. The average Bonchev–Trinajstić information content (AvgIpc) is 3.69. The Morgan fingerprint density at radius 1 is 0.429 bits per heavy atom. The molecule has 0 amide bonds. The molecule has 1 aliphatic carbocycles. The van der Waals surface area contributed by atoms with Gasteiger partial charge >= 0.3 is 0 Å². The Hall–Kier alpha value is -5.90. The van der Waals surface area contributed by atoms with Crippen LogP contribution in [0.3, 0.4) is 0 Å². The third-order valence-corrected chi connectivity index (χ3v) is 14.5. The van der Waals surface area contributed by atoms with E-state index in [0.717, 1.165) is 34.7 Å². The van der Waals surface area contributed by atoms with E-state index in [4.69, 9.17) is 0 Å². The summed E-state index contributed by atoms with van der Waals surface area (Å²) in [5, 5.41) is 2.43. The zero-order chi connectivity index (χ0) is 44.3. The minimum absolute atomic E-state index is 0.0258. The van der Waals surface area contributed by atoms with E-state index >= 15 is 0 Å². The van der Waals surface area contributed by atoms with Crippen molar-refractivity contribution in [2.24, 2.45) is 0 Å². The first-order valence-corrected chi connectivity index (χ1v) is 23.5. The minimum Gasteiger partial charge on any atom is -0.310 e. The summed E-state index contributed by atoms with van der Waals surface area (Å²) < 4.78 is 1.27. The van der Waals surface area contributed by atoms with E-state index in [9.17, 15) is 0 Å². The van der Waals surface area contributed by atoms with Crippen molar-refractivity contribution >= 4 is 54.9 Å². The van der Waals surface area contributed by atoms with E-state index in [1.54, 1.807) is 0 Å². The summed E-state index contributed by atoms with van der Waals surface area (Å²) in [6, 6.07) is 64.0. The Morgan fingerprint density at radius 3 is 1.62 bits per heavy atom. The Labute approximate surface area is 380 Å². The van der Waals surface area contributed by atoms with Crippen LogP contribution in [-0.2, 0) is 21.7 Å². The molecule has 0 fully saturated rings. The highest BCUT2D eigenvalue weighted by Crippen LogP contribution is 2.51. The molecule has 0 saturated heterocycles. The van der Waals surface area contributed by atoms with Gasteiger partial charge in [0.1, 0.15) is 5.00 Å². The Kier molecular flexibility index (Phi) is 10.8. The van der Waals surface area contributed by atoms with Crippen molar-refractivity contribution in [2.45, 2.75) is 104 Å². The lowest BCUT2D eigenvalue weighted by Crippen LogP contribution is -2.34. The van der Waals surface area contributed by atoms with Crippen molar-refractivity contribution in [3.63, 3.8) is 0 Å². The molecule has 7 aromatic carbocycles. The standard InChI is InChI=1S/C60H62N2S/c1-57(2,3)45-25-28-47(29-26-45)62(56-37-43-23-17-18-24-55(43)63-56)50-36-44(41-19-13-11-14-20-41)35-49(39-50)61(48-30-31-52-53(40-48)60(9,10)34-33-59(52,7)8)54-32-27-46(58(4,5)6)38-51(54)42-21-15-12-16-22-42/h11-32,35-40H,33-34H2,1-10H3. The van der Waals surface area contributed by atoms with E-state index in [0.29, 0.717) is 0 Å². The second-order valence-electron chi connectivity index (χ2n) is 21.0. The maximum absolute atomic E-state index is 2.55. The first-order valence-electron chi connectivity index (χ1n) is 22.7. The second kappa shape index (κ2) is 16.0. The molecule has 1 aromatic heterocycles. The lowest BCUT2D eigenvalue weighted by atomic mass is 9.63. The molecule has 3 heteroatoms. The summed E-state index contributed by atoms with van der Waals surface area (Å²) in [5.74, 6) is 0. The molecule has 0 saturated carbocycles. The molecule has 8 aromatic rings. The molecule has 0 bridgehead atoms. The normalized spacial score (nSPS) is 14.6. The lowest BCUT2D eigenvalue weighted by molar-refractivity contribution is 0.332. The molecule has 9 rings (SSSR count). The number of nitrogens with zero attached hydrogens (tertiary/aromatic N) is 2. The van der Waals surface area contributed by atoms with Crippen LogP contribution in [0.15, 0.2) is 170 Å². The first-order chi connectivity index (χ1) is 30.0. The van der Waals surface area contributed by atoms with Crippen LogP contribution in [0.4, 0.5) is 33.4 Å². The third kappa shape index (κ3) is 8.37. The average molecular weight is 843 g/mol. The van der Waals surface area contributed by atoms with Crippen molar-refractivity contribution in [1.29, 1.82) is 0 Å². The molecule has 0 aliphatic heterocycles. The molecule has 1 aliphatic rings. The van der Waals surface area contributed by atoms with E-state index < -0.39 is 0 Å². The number of rotatable bonds is 8. The number of anilines is 6. The summed E-state index contributed by atoms with van der Waals surface area (Å²) >= 11 is 1.84. The van der Waals surface area contributed by atoms with Crippen LogP contribution in [-0.4, -0.2) is 0 Å². The molecule has 63 heavy (non-hydrogen) atoms. The molecule has 318 valence electrons. The fourth-order valence-corrected chi connectivity index (χ4v) is 10.5. The van der Waals surface area contributed by atoms with Crippen molar-refractivity contribution < 1.29 is 0 Å². The summed E-state index contributed by atoms with van der Waals surface area (Å²) in [4.78, 5) is 5.03. The molecule has 0 atom stereocenters. The van der Waals surface area contributed by atoms with Crippen LogP contribution in [0.5, 0.6) is 0 Å². The van der Waals surface area contributed by atoms with Crippen molar-refractivity contribution in [3.05, 3.63) is 192 Å². The molecule has 2 nitrogen and oxygen atoms in total. The highest BCUT2D eigenvalue weighted by atomic mass is 32.1. The predicted molar refractivity (Wildman–Crippen MR) is 275 cm³/mol. The van der Waals surface area contributed by atoms with Gasteiger partial charge in [0.15, 0.2) is 0 Å². The van der Waals surface area contributed by atoms with Crippen molar-refractivity contribution in [2.75, 3.05) is 9.80 Å². The largest absolute Gasteiger partial charge is 0.310 e. The zero-order valence-electron chi connectivity index (χ0n) is 38.9. The molecular weight excluding hydrogens is 781 g/mol. The van der Waals surface area contributed by atoms with Crippen LogP contribution in [0, 0.1) is 0 Å². The monoisotopic (exact) mass is 842 g/mol. The molecule has 1 heterocycles. The van der Waals surface area contributed by atoms with Gasteiger partial charge in [0.2, 0.25) is 0 Å². The molecular formula is C60H62N2S. The number of thiophene rings is 1. The number of hydrogen-bond donors (Lipinski definition) is 0. The molecule has 0 spiro atoms. The predicted octanol–water partition coefficient (Wildman–Crippen LogP) is 18.1. The Balaban J connectivity index is 1.36. The number of hydrogen-bond acceptors (Lipinski definition) is 3. The van der Waals surface area contributed by atoms with Gasteiger partial charge in [0.25, 0.3) is 0 Å². The van der Waals surface area contributed by atoms with Crippen molar-refractivity contribution in [1.82, 2.24) is 0 Å². The van der Waals surface area contributed by atoms with Gasteiger partial charge in [-0.1, -0.05) is 172 Å². The number of fused-ring (bicyclic) bond motifs is 2. The summed E-state index contributed by atoms with van der Waals surface area (Å²) in [6.45, 7) is 23.5. The maximum Gasteiger partial charge on any atom is 0.101 e. The fraction of sp³-hybridized carbons (Fsp3) is 0.267. The van der Waals surface area contributed by atoms with Crippen LogP contribution < -0.4 is 9.80 Å². The SMILES string of the molecule is CC(C)(C)c1ccc(N(c2cc(-c3ccccc3)cc(N(c3ccc4c(c3)C(C)(C)CCC4(C)C)c3ccc(C(C)(C)C)cc3-c3ccccc3)c2)c2cc3ccccc3s2)cc1. The highest BCUT2D eigenvalue weighted by molar-refractivity contribution is 7.23. The minimum atomic E-state index is -0.0258. The van der Waals surface area contributed by atoms with E-state index in [2.05, 4.69) is 249 Å². The summed E-state index contributed by atoms with van der Waals surface area (Å²) in [6.07, 6.45) is 2.33. The third-order valence-electron chi connectivity index (χ3n) is 13.4. The molecule has 0 radical (unpaired) electrons. The summed E-state index contributed by atoms with van der Waals surface area (Å²) in [5.41, 5.74) is 16.1. The van der Waals surface area contributed by atoms with Gasteiger partial charge in [-0.3, -0.25) is 0 Å². The summed E-state index contributed by atoms with van der Waals surface area (Å²) in [7, 11) is 0. The van der Waals surface area contributed by atoms with Gasteiger partial charge in [-0.25, -0.2) is 0 Å². The Bertz CT molecular complexity index is 2870. The topological polar surface area (TPSA) is 6.48 Å². The first kappa shape index (κ1) is 42.4. The van der Waals surface area contributed by atoms with Crippen molar-refractivity contribution in [3.8, 4) is 22.3 Å². The zero-order valence-corrected chi connectivity index (χ0v) is 39.7. The van der Waals surface area contributed by atoms with Gasteiger partial charge in [0, 0.05) is 33.0 Å². The van der Waals surface area contributed by atoms with E-state index in [1.807, 2.05) is 11.3 Å². The smallest absolute Gasteiger partial charge is 0.101 e. The number of benzene rings is 7. The Morgan fingerprint density at radius 2 is 0.984 bits per heavy atom. The van der Waals surface area contributed by atoms with Gasteiger partial charge in [0.05, 0.1) is 5.69 Å². The van der Waals surface area contributed by atoms with Gasteiger partial charge in [-0.2, -0.15) is 0 Å². The van der Waals surface area contributed by atoms with Crippen LogP contribution in [0.25, 0.3) is 32.3 Å². The van der Waals surface area contributed by atoms with Crippen LogP contribution in [0.1, 0.15) is 104 Å². The van der Waals surface area contributed by atoms with E-state index in [1.165, 1.54) is 66.1 Å². The van der Waals surface area contributed by atoms with Gasteiger partial charge in [-0.15, -0.1) is 11.3 Å². The van der Waals surface area contributed by atoms with Gasteiger partial charge in [-0.05, 0) is 146 Å². The molecule has 0 unspecified atom stereocenters. The van der Waals surface area contributed by atoms with Gasteiger partial charge < -0.3 is 9.80 Å². The fourth-order valence-electron chi connectivity index (χ4n) is 9.43. The highest BCUT2D eigenvalue weighted by Gasteiger charge is 2.38. The van der Waals surface area contributed by atoms with Crippen LogP contribution in [0.2, 0.25) is 0 Å². The molecule has 0 N–H and O–H groups in total. The van der Waals surface area contributed by atoms with Crippen LogP contribution >= 0.6 is 11.3 Å². The maximum atomic E-state index is 2.55. The quantitative estimate of drug-likeness (QED) is 0.150. The second-order valence-corrected chi connectivity index (χ2v) is 22.1. The van der Waals surface area contributed by atoms with E-state index in [-0.39, 0.29) is 21.7 Å².